The van der Waals surface area contributed by atoms with Crippen molar-refractivity contribution in [1.82, 2.24) is 0 Å². The third-order valence-electron chi connectivity index (χ3n) is 5.08. The number of rotatable bonds is 9. The monoisotopic (exact) mass is 604 g/mol. The van der Waals surface area contributed by atoms with Gasteiger partial charge in [-0.05, 0) is 84.5 Å². The molecule has 44 heavy (non-hydrogen) atoms. The third-order valence-corrected chi connectivity index (χ3v) is 5.08. The molecule has 8 nitrogen and oxygen atoms in total. The second kappa shape index (κ2) is 21.2. The number of aldehydes is 2. The van der Waals surface area contributed by atoms with E-state index >= 15 is 0 Å². The van der Waals surface area contributed by atoms with Gasteiger partial charge in [0, 0.05) is 6.08 Å². The van der Waals surface area contributed by atoms with Gasteiger partial charge in [-0.1, -0.05) is 61.7 Å². The minimum atomic E-state index is -0.688. The highest BCUT2D eigenvalue weighted by Crippen LogP contribution is 2.29. The quantitative estimate of drug-likeness (QED) is 0.116. The fraction of sp³-hybridized carbons (Fsp3) is 0.143. The van der Waals surface area contributed by atoms with Crippen LogP contribution in [0.15, 0.2) is 97.6 Å². The summed E-state index contributed by atoms with van der Waals surface area (Å²) in [5, 5.41) is 6.89. The number of esters is 1. The number of hydrogen-bond donors (Lipinski definition) is 1. The maximum atomic E-state index is 14.5. The van der Waals surface area contributed by atoms with Gasteiger partial charge in [0.2, 0.25) is 0 Å². The van der Waals surface area contributed by atoms with Crippen LogP contribution in [0, 0.1) is 5.82 Å². The predicted octanol–water partition coefficient (Wildman–Crippen LogP) is 7.39. The van der Waals surface area contributed by atoms with Gasteiger partial charge < -0.3 is 19.3 Å². The molecule has 3 rings (SSSR count). The van der Waals surface area contributed by atoms with E-state index in [1.165, 1.54) is 25.3 Å². The zero-order valence-electron chi connectivity index (χ0n) is 25.5. The average Bonchev–Trinajstić information content (AvgIpc) is 3.01. The molecule has 0 heterocycles. The molecule has 0 aliphatic heterocycles. The maximum absolute atomic E-state index is 14.5. The Labute approximate surface area is 257 Å². The van der Waals surface area contributed by atoms with E-state index in [4.69, 9.17) is 24.1 Å². The molecule has 0 aliphatic rings. The zero-order chi connectivity index (χ0) is 33.7. The van der Waals surface area contributed by atoms with Crippen LogP contribution in [0.2, 0.25) is 0 Å². The van der Waals surface area contributed by atoms with Gasteiger partial charge in [-0.3, -0.25) is 14.4 Å². The fourth-order valence-electron chi connectivity index (χ4n) is 2.97. The van der Waals surface area contributed by atoms with E-state index in [-0.39, 0.29) is 12.2 Å². The summed E-state index contributed by atoms with van der Waals surface area (Å²) >= 11 is 0. The van der Waals surface area contributed by atoms with Crippen LogP contribution in [-0.4, -0.2) is 44.3 Å². The molecule has 9 heteroatoms. The van der Waals surface area contributed by atoms with Crippen molar-refractivity contribution in [3.63, 3.8) is 0 Å². The number of hydrogen-bond acceptors (Lipinski definition) is 7. The molecule has 1 N–H and O–H groups in total. The summed E-state index contributed by atoms with van der Waals surface area (Å²) in [6.45, 7) is 15.5. The number of carbonyl (C=O) groups excluding carboxylic acids is 3. The van der Waals surface area contributed by atoms with Crippen LogP contribution in [0.25, 0.3) is 22.8 Å². The van der Waals surface area contributed by atoms with E-state index in [0.29, 0.717) is 33.8 Å². The molecule has 232 valence electrons. The summed E-state index contributed by atoms with van der Waals surface area (Å²) in [6.07, 6.45) is 4.23. The van der Waals surface area contributed by atoms with Gasteiger partial charge in [-0.2, -0.15) is 0 Å². The maximum Gasteiger partial charge on any atom is 0.336 e. The van der Waals surface area contributed by atoms with E-state index in [2.05, 4.69) is 19.7 Å². The van der Waals surface area contributed by atoms with Gasteiger partial charge in [-0.25, -0.2) is 9.18 Å². The number of methoxy groups -OCH3 is 2. The normalized spacial score (nSPS) is 9.32. The number of benzene rings is 3. The van der Waals surface area contributed by atoms with Crippen LogP contribution >= 0.6 is 0 Å². The Kier molecular flexibility index (Phi) is 18.5. The SMILES string of the molecule is C=C(C)C=O.C=C(C)C=O.C=C(C)c1ccc(-c2ccc(OC(=O)/C=C/c3ccc(OC)c(OC)c3)c(F)c2)cc1.O=CO. The van der Waals surface area contributed by atoms with Gasteiger partial charge >= 0.3 is 5.97 Å². The molecular weight excluding hydrogens is 567 g/mol. The lowest BCUT2D eigenvalue weighted by Crippen LogP contribution is -2.05. The Hall–Kier alpha value is -5.57. The predicted molar refractivity (Wildman–Crippen MR) is 171 cm³/mol. The van der Waals surface area contributed by atoms with Crippen molar-refractivity contribution in [1.29, 1.82) is 0 Å². The lowest BCUT2D eigenvalue weighted by atomic mass is 10.0. The highest BCUT2D eigenvalue weighted by molar-refractivity contribution is 5.89. The molecular formula is C35H37FO8. The number of carboxylic acid groups (broad SMARTS) is 1. The number of ether oxygens (including phenoxy) is 3. The first-order valence-electron chi connectivity index (χ1n) is 12.8. The molecule has 3 aromatic carbocycles. The second-order valence-electron chi connectivity index (χ2n) is 8.91. The van der Waals surface area contributed by atoms with Crippen molar-refractivity contribution >= 4 is 36.7 Å². The molecule has 0 spiro atoms. The summed E-state index contributed by atoms with van der Waals surface area (Å²) in [5.74, 6) is -0.319. The lowest BCUT2D eigenvalue weighted by Gasteiger charge is -2.08. The Morgan fingerprint density at radius 2 is 1.23 bits per heavy atom. The summed E-state index contributed by atoms with van der Waals surface area (Å²) in [4.78, 5) is 39.3. The van der Waals surface area contributed by atoms with Crippen LogP contribution in [0.3, 0.4) is 0 Å². The van der Waals surface area contributed by atoms with Gasteiger partial charge in [0.15, 0.2) is 23.1 Å². The van der Waals surface area contributed by atoms with Crippen LogP contribution in [0.5, 0.6) is 17.2 Å². The summed E-state index contributed by atoms with van der Waals surface area (Å²) in [7, 11) is 3.07. The van der Waals surface area contributed by atoms with Gasteiger partial charge in [0.05, 0.1) is 14.2 Å². The van der Waals surface area contributed by atoms with Crippen molar-refractivity contribution in [2.45, 2.75) is 20.8 Å². The molecule has 0 aliphatic carbocycles. The molecule has 0 radical (unpaired) electrons. The highest BCUT2D eigenvalue weighted by atomic mass is 19.1. The van der Waals surface area contributed by atoms with E-state index in [1.807, 2.05) is 31.2 Å². The van der Waals surface area contributed by atoms with E-state index in [0.717, 1.165) is 29.3 Å². The Bertz CT molecular complexity index is 1450. The van der Waals surface area contributed by atoms with Crippen molar-refractivity contribution in [2.24, 2.45) is 0 Å². The number of halogens is 1. The zero-order valence-corrected chi connectivity index (χ0v) is 25.5. The van der Waals surface area contributed by atoms with Gasteiger partial charge in [0.1, 0.15) is 12.6 Å². The van der Waals surface area contributed by atoms with E-state index < -0.39 is 11.8 Å². The van der Waals surface area contributed by atoms with Crippen LogP contribution in [0.4, 0.5) is 4.39 Å². The Balaban J connectivity index is 0.00000120. The number of carbonyl (C=O) groups is 4. The van der Waals surface area contributed by atoms with Crippen LogP contribution in [0.1, 0.15) is 31.9 Å². The number of allylic oxidation sites excluding steroid dienone is 3. The summed E-state index contributed by atoms with van der Waals surface area (Å²) < 4.78 is 30.1. The molecule has 0 bridgehead atoms. The van der Waals surface area contributed by atoms with Crippen molar-refractivity contribution in [3.05, 3.63) is 115 Å². The minimum absolute atomic E-state index is 0.135. The Morgan fingerprint density at radius 1 is 0.750 bits per heavy atom. The molecule has 0 atom stereocenters. The van der Waals surface area contributed by atoms with Crippen molar-refractivity contribution in [2.75, 3.05) is 14.2 Å². The van der Waals surface area contributed by atoms with E-state index in [9.17, 15) is 18.8 Å². The summed E-state index contributed by atoms with van der Waals surface area (Å²) in [6, 6.07) is 17.4. The van der Waals surface area contributed by atoms with E-state index in [1.54, 1.807) is 51.3 Å². The first kappa shape index (κ1) is 38.4. The lowest BCUT2D eigenvalue weighted by molar-refractivity contribution is -0.129. The molecule has 0 saturated heterocycles. The Morgan fingerprint density at radius 3 is 1.66 bits per heavy atom. The van der Waals surface area contributed by atoms with Crippen LogP contribution < -0.4 is 14.2 Å². The second-order valence-corrected chi connectivity index (χ2v) is 8.91. The first-order valence-corrected chi connectivity index (χ1v) is 12.8. The molecule has 0 aromatic heterocycles. The summed E-state index contributed by atoms with van der Waals surface area (Å²) in [5.41, 5.74) is 5.39. The van der Waals surface area contributed by atoms with Gasteiger partial charge in [0.25, 0.3) is 6.47 Å². The van der Waals surface area contributed by atoms with Crippen molar-refractivity contribution < 1.29 is 42.9 Å². The average molecular weight is 605 g/mol. The smallest absolute Gasteiger partial charge is 0.336 e. The topological polar surface area (TPSA) is 116 Å². The van der Waals surface area contributed by atoms with Crippen LogP contribution in [-0.2, 0) is 19.2 Å². The molecule has 0 amide bonds. The molecule has 0 unspecified atom stereocenters. The first-order chi connectivity index (χ1) is 20.9. The molecule has 0 saturated carbocycles. The largest absolute Gasteiger partial charge is 0.493 e. The van der Waals surface area contributed by atoms with Gasteiger partial charge in [-0.15, -0.1) is 0 Å². The molecule has 3 aromatic rings. The fourth-order valence-corrected chi connectivity index (χ4v) is 2.97. The standard InChI is InChI=1S/C26H23FO4.2C4H6O.CH2O2/c1-17(2)19-7-9-20(10-8-19)21-11-13-23(22(27)16-21)31-26(28)14-6-18-5-12-24(29-3)25(15-18)30-4;2*1-4(2)3-5;2-1-3/h5-16H,1H2,2-4H3;2*3H,1H2,2H3;1H,(H,2,3)/b14-6+;;;. The van der Waals surface area contributed by atoms with Crippen molar-refractivity contribution in [3.8, 4) is 28.4 Å². The third kappa shape index (κ3) is 14.9. The minimum Gasteiger partial charge on any atom is -0.493 e. The molecule has 0 fully saturated rings. The highest BCUT2D eigenvalue weighted by Gasteiger charge is 2.10.